The van der Waals surface area contributed by atoms with Crippen LogP contribution in [0.25, 0.3) is 11.0 Å². The van der Waals surface area contributed by atoms with E-state index in [0.717, 1.165) is 11.1 Å². The Bertz CT molecular complexity index is 1390. The highest BCUT2D eigenvalue weighted by Gasteiger charge is 2.15. The number of carboxylic acid groups (broad SMARTS) is 1. The van der Waals surface area contributed by atoms with Crippen LogP contribution in [0.15, 0.2) is 53.5 Å². The topological polar surface area (TPSA) is 163 Å². The minimum atomic E-state index is -1.16. The number of hydrogen-bond acceptors (Lipinski definition) is 6. The monoisotopic (exact) mass is 433 g/mol. The number of amides is 1. The van der Waals surface area contributed by atoms with E-state index < -0.39 is 11.9 Å². The molecule has 1 amide bonds. The van der Waals surface area contributed by atoms with Gasteiger partial charge in [-0.25, -0.2) is 4.79 Å². The summed E-state index contributed by atoms with van der Waals surface area (Å²) in [5.41, 5.74) is 7.69. The molecule has 6 N–H and O–H groups in total. The number of nitrogen functional groups attached to an aromatic ring is 1. The van der Waals surface area contributed by atoms with Crippen LogP contribution < -0.4 is 21.3 Å². The van der Waals surface area contributed by atoms with Crippen molar-refractivity contribution in [3.05, 3.63) is 81.3 Å². The third-order valence-electron chi connectivity index (χ3n) is 4.96. The molecule has 0 aliphatic rings. The molecule has 162 valence electrons. The largest absolute Gasteiger partial charge is 0.497 e. The fourth-order valence-electron chi connectivity index (χ4n) is 3.39. The first-order valence-corrected chi connectivity index (χ1v) is 9.53. The molecular weight excluding hydrogens is 414 g/mol. The molecule has 0 radical (unpaired) electrons. The SMILES string of the molecule is COc1ccc(C(=O)O)c(NC(=O)c2ccc(Cc3c[nH]c4nc(N)[nH]c(=O)c34)cc2)c1. The van der Waals surface area contributed by atoms with Crippen molar-refractivity contribution in [3.8, 4) is 5.75 Å². The number of hydrogen-bond donors (Lipinski definition) is 5. The maximum atomic E-state index is 12.7. The summed E-state index contributed by atoms with van der Waals surface area (Å²) in [6, 6.07) is 11.1. The van der Waals surface area contributed by atoms with E-state index in [0.29, 0.717) is 28.8 Å². The molecule has 4 rings (SSSR count). The number of aromatic amines is 2. The smallest absolute Gasteiger partial charge is 0.337 e. The van der Waals surface area contributed by atoms with Crippen LogP contribution in [0.2, 0.25) is 0 Å². The molecule has 2 heterocycles. The van der Waals surface area contributed by atoms with E-state index in [1.165, 1.54) is 25.3 Å². The van der Waals surface area contributed by atoms with Gasteiger partial charge in [-0.05, 0) is 41.8 Å². The number of H-pyrrole nitrogens is 2. The number of methoxy groups -OCH3 is 1. The predicted octanol–water partition coefficient (Wildman–Crippen LogP) is 2.38. The van der Waals surface area contributed by atoms with Gasteiger partial charge in [0.05, 0.1) is 23.7 Å². The van der Waals surface area contributed by atoms with Crippen molar-refractivity contribution in [2.45, 2.75) is 6.42 Å². The van der Waals surface area contributed by atoms with Crippen molar-refractivity contribution in [3.63, 3.8) is 0 Å². The number of aromatic nitrogens is 3. The lowest BCUT2D eigenvalue weighted by Crippen LogP contribution is -2.15. The number of carbonyl (C=O) groups is 2. The zero-order chi connectivity index (χ0) is 22.8. The minimum Gasteiger partial charge on any atom is -0.497 e. The molecule has 0 unspecified atom stereocenters. The van der Waals surface area contributed by atoms with Gasteiger partial charge in [-0.1, -0.05) is 12.1 Å². The Labute approximate surface area is 181 Å². The van der Waals surface area contributed by atoms with Gasteiger partial charge in [-0.2, -0.15) is 4.98 Å². The second-order valence-corrected chi connectivity index (χ2v) is 7.03. The van der Waals surface area contributed by atoms with Crippen LogP contribution in [0.1, 0.15) is 31.8 Å². The highest BCUT2D eigenvalue weighted by Crippen LogP contribution is 2.24. The van der Waals surface area contributed by atoms with Gasteiger partial charge >= 0.3 is 5.97 Å². The zero-order valence-corrected chi connectivity index (χ0v) is 16.9. The molecule has 10 heteroatoms. The summed E-state index contributed by atoms with van der Waals surface area (Å²) in [5.74, 6) is -1.17. The number of anilines is 2. The standard InChI is InChI=1S/C22H19N5O5/c1-32-14-6-7-15(21(30)31)16(9-14)25-19(28)12-4-2-11(3-5-12)8-13-10-24-18-17(13)20(29)27-22(23)26-18/h2-7,9-10H,8H2,1H3,(H,25,28)(H,30,31)(H4,23,24,26,27,29). The number of nitrogens with two attached hydrogens (primary N) is 1. The maximum absolute atomic E-state index is 12.7. The van der Waals surface area contributed by atoms with Crippen LogP contribution >= 0.6 is 0 Å². The van der Waals surface area contributed by atoms with Gasteiger partial charge in [0.15, 0.2) is 0 Å². The molecule has 0 bridgehead atoms. The van der Waals surface area contributed by atoms with Crippen molar-refractivity contribution in [2.75, 3.05) is 18.2 Å². The Hall–Kier alpha value is -4.60. The minimum absolute atomic E-state index is 0.0355. The quantitative estimate of drug-likeness (QED) is 0.312. The van der Waals surface area contributed by atoms with E-state index in [9.17, 15) is 19.5 Å². The fraction of sp³-hybridized carbons (Fsp3) is 0.0909. The molecule has 0 atom stereocenters. The number of carboxylic acids is 1. The number of nitrogens with one attached hydrogen (secondary N) is 3. The number of benzene rings is 2. The summed E-state index contributed by atoms with van der Waals surface area (Å²) < 4.78 is 5.11. The molecule has 4 aromatic rings. The summed E-state index contributed by atoms with van der Waals surface area (Å²) in [4.78, 5) is 45.8. The van der Waals surface area contributed by atoms with Crippen molar-refractivity contribution in [1.29, 1.82) is 0 Å². The van der Waals surface area contributed by atoms with Gasteiger partial charge in [0.1, 0.15) is 11.4 Å². The first-order valence-electron chi connectivity index (χ1n) is 9.53. The van der Waals surface area contributed by atoms with Gasteiger partial charge in [0.25, 0.3) is 11.5 Å². The molecule has 2 aromatic heterocycles. The summed E-state index contributed by atoms with van der Waals surface area (Å²) in [7, 11) is 1.45. The van der Waals surface area contributed by atoms with E-state index in [-0.39, 0.29) is 22.8 Å². The number of fused-ring (bicyclic) bond motifs is 1. The number of carbonyl (C=O) groups excluding carboxylic acids is 1. The molecule has 0 saturated heterocycles. The van der Waals surface area contributed by atoms with Gasteiger partial charge in [0.2, 0.25) is 5.95 Å². The lowest BCUT2D eigenvalue weighted by Gasteiger charge is -2.11. The first-order chi connectivity index (χ1) is 15.4. The Balaban J connectivity index is 1.54. The van der Waals surface area contributed by atoms with Crippen molar-refractivity contribution in [2.24, 2.45) is 0 Å². The molecule has 32 heavy (non-hydrogen) atoms. The average molecular weight is 433 g/mol. The lowest BCUT2D eigenvalue weighted by molar-refractivity contribution is 0.0698. The van der Waals surface area contributed by atoms with Crippen LogP contribution in [0.4, 0.5) is 11.6 Å². The van der Waals surface area contributed by atoms with Crippen LogP contribution in [-0.2, 0) is 6.42 Å². The lowest BCUT2D eigenvalue weighted by atomic mass is 10.0. The van der Waals surface area contributed by atoms with Crippen molar-refractivity contribution >= 4 is 34.5 Å². The summed E-state index contributed by atoms with van der Waals surface area (Å²) in [5, 5.41) is 12.4. The zero-order valence-electron chi connectivity index (χ0n) is 16.9. The predicted molar refractivity (Wildman–Crippen MR) is 118 cm³/mol. The van der Waals surface area contributed by atoms with Gasteiger partial charge < -0.3 is 25.9 Å². The molecule has 0 saturated carbocycles. The Morgan fingerprint density at radius 3 is 2.62 bits per heavy atom. The third kappa shape index (κ3) is 4.01. The second-order valence-electron chi connectivity index (χ2n) is 7.03. The summed E-state index contributed by atoms with van der Waals surface area (Å²) >= 11 is 0. The molecule has 2 aromatic carbocycles. The van der Waals surface area contributed by atoms with Crippen LogP contribution in [0, 0.1) is 0 Å². The molecule has 0 spiro atoms. The summed E-state index contributed by atoms with van der Waals surface area (Å²) in [6.45, 7) is 0. The van der Waals surface area contributed by atoms with Crippen LogP contribution in [0.5, 0.6) is 5.75 Å². The van der Waals surface area contributed by atoms with Crippen molar-refractivity contribution in [1.82, 2.24) is 15.0 Å². The van der Waals surface area contributed by atoms with Gasteiger partial charge in [-0.3, -0.25) is 14.6 Å². The maximum Gasteiger partial charge on any atom is 0.337 e. The van der Waals surface area contributed by atoms with E-state index >= 15 is 0 Å². The fourth-order valence-corrected chi connectivity index (χ4v) is 3.39. The Morgan fingerprint density at radius 2 is 1.94 bits per heavy atom. The Morgan fingerprint density at radius 1 is 1.19 bits per heavy atom. The van der Waals surface area contributed by atoms with E-state index in [1.54, 1.807) is 30.5 Å². The van der Waals surface area contributed by atoms with E-state index in [1.807, 2.05) is 0 Å². The first kappa shape index (κ1) is 20.7. The third-order valence-corrected chi connectivity index (χ3v) is 4.96. The molecule has 0 fully saturated rings. The highest BCUT2D eigenvalue weighted by molar-refractivity contribution is 6.07. The number of rotatable bonds is 6. The molecule has 0 aliphatic carbocycles. The highest BCUT2D eigenvalue weighted by atomic mass is 16.5. The number of ether oxygens (including phenoxy) is 1. The molecule has 10 nitrogen and oxygen atoms in total. The van der Waals surface area contributed by atoms with Gasteiger partial charge in [0, 0.05) is 17.8 Å². The van der Waals surface area contributed by atoms with Crippen molar-refractivity contribution < 1.29 is 19.4 Å². The number of aromatic carboxylic acids is 1. The Kier molecular flexibility index (Phi) is 5.34. The normalized spacial score (nSPS) is 10.8. The van der Waals surface area contributed by atoms with Gasteiger partial charge in [-0.15, -0.1) is 0 Å². The van der Waals surface area contributed by atoms with Crippen LogP contribution in [-0.4, -0.2) is 39.0 Å². The van der Waals surface area contributed by atoms with E-state index in [2.05, 4.69) is 20.3 Å². The number of nitrogens with zero attached hydrogens (tertiary/aromatic N) is 1. The molecular formula is C22H19N5O5. The second kappa shape index (κ2) is 8.26. The summed E-state index contributed by atoms with van der Waals surface area (Å²) in [6.07, 6.45) is 2.14. The van der Waals surface area contributed by atoms with E-state index in [4.69, 9.17) is 10.5 Å². The van der Waals surface area contributed by atoms with Crippen LogP contribution in [0.3, 0.4) is 0 Å². The average Bonchev–Trinajstić information content (AvgIpc) is 3.16. The molecule has 0 aliphatic heterocycles.